The molecule has 1 saturated carbocycles. The van der Waals surface area contributed by atoms with Gasteiger partial charge in [-0.25, -0.2) is 0 Å². The van der Waals surface area contributed by atoms with Gasteiger partial charge in [-0.15, -0.1) is 0 Å². The molecule has 1 aliphatic carbocycles. The molecule has 0 aromatic heterocycles. The first-order valence-corrected chi connectivity index (χ1v) is 7.77. The Morgan fingerprint density at radius 2 is 2.21 bits per heavy atom. The van der Waals surface area contributed by atoms with Crippen LogP contribution < -0.4 is 10.2 Å². The Bertz CT molecular complexity index is 499. The van der Waals surface area contributed by atoms with Crippen molar-refractivity contribution in [3.8, 4) is 6.07 Å². The Morgan fingerprint density at radius 1 is 1.37 bits per heavy atom. The van der Waals surface area contributed by atoms with Crippen molar-refractivity contribution in [3.05, 3.63) is 28.2 Å². The van der Waals surface area contributed by atoms with Gasteiger partial charge >= 0.3 is 0 Å². The maximum atomic E-state index is 9.00. The fourth-order valence-electron chi connectivity index (χ4n) is 2.77. The molecule has 2 fully saturated rings. The van der Waals surface area contributed by atoms with Gasteiger partial charge in [0.2, 0.25) is 0 Å². The molecule has 1 unspecified atom stereocenters. The molecule has 1 N–H and O–H groups in total. The summed E-state index contributed by atoms with van der Waals surface area (Å²) in [5.74, 6) is 0. The number of nitriles is 1. The lowest BCUT2D eigenvalue weighted by atomic mass is 10.1. The van der Waals surface area contributed by atoms with Crippen LogP contribution in [0.15, 0.2) is 22.7 Å². The van der Waals surface area contributed by atoms with Gasteiger partial charge in [0.15, 0.2) is 0 Å². The molecule has 0 amide bonds. The predicted molar refractivity (Wildman–Crippen MR) is 80.2 cm³/mol. The number of benzene rings is 1. The van der Waals surface area contributed by atoms with Gasteiger partial charge in [0.1, 0.15) is 6.07 Å². The summed E-state index contributed by atoms with van der Waals surface area (Å²) in [6.45, 7) is 2.24. The van der Waals surface area contributed by atoms with Crippen LogP contribution >= 0.6 is 15.9 Å². The summed E-state index contributed by atoms with van der Waals surface area (Å²) in [4.78, 5) is 2.51. The summed E-state index contributed by atoms with van der Waals surface area (Å²) >= 11 is 3.49. The molecule has 3 rings (SSSR count). The van der Waals surface area contributed by atoms with Gasteiger partial charge < -0.3 is 10.2 Å². The molecule has 100 valence electrons. The van der Waals surface area contributed by atoms with E-state index in [1.807, 2.05) is 6.07 Å². The van der Waals surface area contributed by atoms with Crippen LogP contribution in [0.25, 0.3) is 0 Å². The zero-order valence-corrected chi connectivity index (χ0v) is 12.5. The van der Waals surface area contributed by atoms with Gasteiger partial charge in [-0.1, -0.05) is 0 Å². The summed E-state index contributed by atoms with van der Waals surface area (Å²) in [7, 11) is 0. The molecule has 0 spiro atoms. The van der Waals surface area contributed by atoms with E-state index in [2.05, 4.69) is 44.3 Å². The third-order valence-corrected chi connectivity index (χ3v) is 4.63. The molecule has 19 heavy (non-hydrogen) atoms. The lowest BCUT2D eigenvalue weighted by molar-refractivity contribution is 0.578. The van der Waals surface area contributed by atoms with Crippen LogP contribution in [0.5, 0.6) is 0 Å². The van der Waals surface area contributed by atoms with Crippen molar-refractivity contribution in [3.63, 3.8) is 0 Å². The second-order valence-electron chi connectivity index (χ2n) is 5.45. The van der Waals surface area contributed by atoms with E-state index in [0.29, 0.717) is 17.6 Å². The smallest absolute Gasteiger partial charge is 0.100 e. The van der Waals surface area contributed by atoms with E-state index in [1.165, 1.54) is 31.4 Å². The molecule has 1 heterocycles. The molecule has 4 heteroatoms. The topological polar surface area (TPSA) is 39.1 Å². The van der Waals surface area contributed by atoms with Crippen molar-refractivity contribution in [1.29, 1.82) is 5.26 Å². The van der Waals surface area contributed by atoms with E-state index in [9.17, 15) is 0 Å². The molecule has 1 saturated heterocycles. The third kappa shape index (κ3) is 2.93. The molecule has 1 aromatic rings. The maximum Gasteiger partial charge on any atom is 0.100 e. The number of hydrogen-bond donors (Lipinski definition) is 1. The van der Waals surface area contributed by atoms with Crippen LogP contribution in [0.3, 0.4) is 0 Å². The van der Waals surface area contributed by atoms with Crippen LogP contribution in [0.1, 0.15) is 31.2 Å². The summed E-state index contributed by atoms with van der Waals surface area (Å²) in [5, 5.41) is 12.6. The summed E-state index contributed by atoms with van der Waals surface area (Å²) in [5.41, 5.74) is 1.94. The molecular formula is C15H18BrN3. The van der Waals surface area contributed by atoms with Gasteiger partial charge in [0.05, 0.1) is 5.56 Å². The minimum Gasteiger partial charge on any atom is -0.367 e. The first kappa shape index (κ1) is 13.0. The van der Waals surface area contributed by atoms with Crippen molar-refractivity contribution >= 4 is 21.6 Å². The highest BCUT2D eigenvalue weighted by atomic mass is 79.9. The fraction of sp³-hybridized carbons (Fsp3) is 0.533. The standard InChI is InChI=1S/C15H18BrN3/c16-15-8-14(4-3-11(15)9-17)19(13-5-6-13)10-12-2-1-7-18-12/h3-4,8,12-13,18H,1-2,5-7,10H2. The number of rotatable bonds is 4. The second kappa shape index (κ2) is 5.52. The molecule has 0 radical (unpaired) electrons. The first-order chi connectivity index (χ1) is 9.28. The van der Waals surface area contributed by atoms with Crippen molar-refractivity contribution in [1.82, 2.24) is 5.32 Å². The zero-order chi connectivity index (χ0) is 13.2. The quantitative estimate of drug-likeness (QED) is 0.927. The van der Waals surface area contributed by atoms with Crippen molar-refractivity contribution in [2.24, 2.45) is 0 Å². The van der Waals surface area contributed by atoms with Crippen LogP contribution in [0.4, 0.5) is 5.69 Å². The molecule has 1 aromatic carbocycles. The Morgan fingerprint density at radius 3 is 2.79 bits per heavy atom. The zero-order valence-electron chi connectivity index (χ0n) is 10.9. The van der Waals surface area contributed by atoms with E-state index in [1.54, 1.807) is 0 Å². The molecule has 2 aliphatic rings. The molecule has 1 atom stereocenters. The Labute approximate surface area is 122 Å². The van der Waals surface area contributed by atoms with Crippen LogP contribution in [0.2, 0.25) is 0 Å². The fourth-order valence-corrected chi connectivity index (χ4v) is 3.23. The van der Waals surface area contributed by atoms with Gasteiger partial charge in [-0.05, 0) is 66.4 Å². The van der Waals surface area contributed by atoms with E-state index in [-0.39, 0.29) is 0 Å². The number of nitrogens with one attached hydrogen (secondary N) is 1. The van der Waals surface area contributed by atoms with Crippen molar-refractivity contribution < 1.29 is 0 Å². The number of anilines is 1. The summed E-state index contributed by atoms with van der Waals surface area (Å²) in [6.07, 6.45) is 5.16. The average Bonchev–Trinajstić information content (AvgIpc) is 3.13. The van der Waals surface area contributed by atoms with E-state index >= 15 is 0 Å². The molecule has 0 bridgehead atoms. The van der Waals surface area contributed by atoms with E-state index < -0.39 is 0 Å². The normalized spacial score (nSPS) is 22.2. The van der Waals surface area contributed by atoms with Gasteiger partial charge in [-0.3, -0.25) is 0 Å². The van der Waals surface area contributed by atoms with Crippen LogP contribution in [-0.4, -0.2) is 25.2 Å². The predicted octanol–water partition coefficient (Wildman–Crippen LogP) is 3.04. The Hall–Kier alpha value is -1.05. The Balaban J connectivity index is 1.79. The van der Waals surface area contributed by atoms with Crippen molar-refractivity contribution in [2.45, 2.75) is 37.8 Å². The highest BCUT2D eigenvalue weighted by Crippen LogP contribution is 2.34. The largest absolute Gasteiger partial charge is 0.367 e. The number of nitrogens with zero attached hydrogens (tertiary/aromatic N) is 2. The molecule has 1 aliphatic heterocycles. The average molecular weight is 320 g/mol. The monoisotopic (exact) mass is 319 g/mol. The highest BCUT2D eigenvalue weighted by molar-refractivity contribution is 9.10. The van der Waals surface area contributed by atoms with Crippen LogP contribution in [-0.2, 0) is 0 Å². The summed E-state index contributed by atoms with van der Waals surface area (Å²) in [6, 6.07) is 9.60. The minimum atomic E-state index is 0.620. The lowest BCUT2D eigenvalue weighted by Crippen LogP contribution is -2.38. The lowest BCUT2D eigenvalue weighted by Gasteiger charge is -2.28. The van der Waals surface area contributed by atoms with Crippen molar-refractivity contribution in [2.75, 3.05) is 18.0 Å². The highest BCUT2D eigenvalue weighted by Gasteiger charge is 2.31. The summed E-state index contributed by atoms with van der Waals surface area (Å²) < 4.78 is 0.900. The van der Waals surface area contributed by atoms with E-state index in [0.717, 1.165) is 17.6 Å². The van der Waals surface area contributed by atoms with Gasteiger partial charge in [0.25, 0.3) is 0 Å². The second-order valence-corrected chi connectivity index (χ2v) is 6.31. The van der Waals surface area contributed by atoms with Gasteiger partial charge in [0, 0.05) is 28.8 Å². The minimum absolute atomic E-state index is 0.620. The Kier molecular flexibility index (Phi) is 3.76. The van der Waals surface area contributed by atoms with E-state index in [4.69, 9.17) is 5.26 Å². The maximum absolute atomic E-state index is 9.00. The third-order valence-electron chi connectivity index (χ3n) is 3.97. The van der Waals surface area contributed by atoms with Crippen LogP contribution in [0, 0.1) is 11.3 Å². The first-order valence-electron chi connectivity index (χ1n) is 6.97. The SMILES string of the molecule is N#Cc1ccc(N(CC2CCCN2)C2CC2)cc1Br. The molecule has 3 nitrogen and oxygen atoms in total. The molecular weight excluding hydrogens is 302 g/mol. The number of hydrogen-bond acceptors (Lipinski definition) is 3. The number of halogens is 1. The van der Waals surface area contributed by atoms with Gasteiger partial charge in [-0.2, -0.15) is 5.26 Å².